The summed E-state index contributed by atoms with van der Waals surface area (Å²) in [4.78, 5) is 12.0. The van der Waals surface area contributed by atoms with E-state index in [0.717, 1.165) is 31.5 Å². The molecule has 0 aliphatic carbocycles. The number of carbonyl (C=O) groups is 1. The molecule has 2 nitrogen and oxygen atoms in total. The van der Waals surface area contributed by atoms with Crippen molar-refractivity contribution in [2.45, 2.75) is 51.9 Å². The summed E-state index contributed by atoms with van der Waals surface area (Å²) in [6.07, 6.45) is 3.59. The summed E-state index contributed by atoms with van der Waals surface area (Å²) >= 11 is 0. The average Bonchev–Trinajstić information content (AvgIpc) is 2.89. The van der Waals surface area contributed by atoms with Crippen molar-refractivity contribution in [1.82, 2.24) is 5.32 Å². The Kier molecular flexibility index (Phi) is 4.98. The van der Waals surface area contributed by atoms with Crippen LogP contribution < -0.4 is 5.32 Å². The molecule has 1 N–H and O–H groups in total. The lowest BCUT2D eigenvalue weighted by Gasteiger charge is -2.19. The molecule has 0 spiro atoms. The molecule has 0 saturated carbocycles. The Morgan fingerprint density at radius 1 is 1.25 bits per heavy atom. The number of hydrogen-bond acceptors (Lipinski definition) is 2. The number of carbonyl (C=O) groups excluding carboxylic acids is 1. The van der Waals surface area contributed by atoms with Crippen LogP contribution in [0.1, 0.15) is 51.2 Å². The molecule has 1 aromatic rings. The van der Waals surface area contributed by atoms with Crippen molar-refractivity contribution in [3.8, 4) is 0 Å². The van der Waals surface area contributed by atoms with Gasteiger partial charge in [0.15, 0.2) is 0 Å². The predicted molar refractivity (Wildman–Crippen MR) is 84.1 cm³/mol. The number of benzene rings is 1. The highest BCUT2D eigenvalue weighted by atomic mass is 16.1. The number of nitrogens with one attached hydrogen (secondary N) is 1. The maximum Gasteiger partial charge on any atom is 0.137 e. The number of ketones is 1. The summed E-state index contributed by atoms with van der Waals surface area (Å²) in [5.41, 5.74) is 2.65. The van der Waals surface area contributed by atoms with Crippen LogP contribution in [0.5, 0.6) is 0 Å². The molecular weight excluding hydrogens is 246 g/mol. The smallest absolute Gasteiger partial charge is 0.137 e. The lowest BCUT2D eigenvalue weighted by atomic mass is 9.86. The number of rotatable bonds is 5. The third-order valence-electron chi connectivity index (χ3n) is 4.22. The Bertz CT molecular complexity index is 435. The van der Waals surface area contributed by atoms with Crippen LogP contribution >= 0.6 is 0 Å². The van der Waals surface area contributed by atoms with Crippen molar-refractivity contribution in [1.29, 1.82) is 0 Å². The fourth-order valence-electron chi connectivity index (χ4n) is 2.76. The van der Waals surface area contributed by atoms with Gasteiger partial charge in [0.05, 0.1) is 0 Å². The Balaban J connectivity index is 1.81. The zero-order valence-corrected chi connectivity index (χ0v) is 13.0. The van der Waals surface area contributed by atoms with Crippen molar-refractivity contribution < 1.29 is 4.79 Å². The summed E-state index contributed by atoms with van der Waals surface area (Å²) in [5.74, 6) is 1.09. The molecule has 0 bridgehead atoms. The molecule has 1 heterocycles. The molecule has 0 radical (unpaired) electrons. The molecule has 20 heavy (non-hydrogen) atoms. The Labute approximate surface area is 123 Å². The van der Waals surface area contributed by atoms with Gasteiger partial charge >= 0.3 is 0 Å². The van der Waals surface area contributed by atoms with Crippen LogP contribution in [0.2, 0.25) is 0 Å². The monoisotopic (exact) mass is 273 g/mol. The molecule has 1 unspecified atom stereocenters. The molecule has 1 saturated heterocycles. The minimum Gasteiger partial charge on any atom is -0.316 e. The van der Waals surface area contributed by atoms with Gasteiger partial charge in [-0.3, -0.25) is 4.79 Å². The maximum atomic E-state index is 12.0. The minimum atomic E-state index is 0.179. The van der Waals surface area contributed by atoms with E-state index < -0.39 is 0 Å². The van der Waals surface area contributed by atoms with Crippen LogP contribution in [0.3, 0.4) is 0 Å². The molecule has 1 fully saturated rings. The fraction of sp³-hybridized carbons (Fsp3) is 0.611. The molecular formula is C18H27NO. The molecule has 0 aromatic heterocycles. The van der Waals surface area contributed by atoms with Crippen LogP contribution in [0.15, 0.2) is 24.3 Å². The van der Waals surface area contributed by atoms with E-state index >= 15 is 0 Å². The van der Waals surface area contributed by atoms with Crippen molar-refractivity contribution >= 4 is 5.78 Å². The first-order chi connectivity index (χ1) is 9.45. The van der Waals surface area contributed by atoms with Crippen LogP contribution in [0.4, 0.5) is 0 Å². The van der Waals surface area contributed by atoms with E-state index in [4.69, 9.17) is 0 Å². The summed E-state index contributed by atoms with van der Waals surface area (Å²) in [7, 11) is 0. The quantitative estimate of drug-likeness (QED) is 0.890. The standard InChI is InChI=1S/C18H27NO/c1-18(2,3)16-7-4-14(5-8-16)12-17(20)9-6-15-10-11-19-13-15/h4-5,7-8,15,19H,6,9-13H2,1-3H3. The van der Waals surface area contributed by atoms with E-state index in [-0.39, 0.29) is 5.41 Å². The fourth-order valence-corrected chi connectivity index (χ4v) is 2.76. The first-order valence-electron chi connectivity index (χ1n) is 7.77. The third kappa shape index (κ3) is 4.45. The highest BCUT2D eigenvalue weighted by Crippen LogP contribution is 2.22. The minimum absolute atomic E-state index is 0.179. The molecule has 2 rings (SSSR count). The van der Waals surface area contributed by atoms with Gasteiger partial charge in [-0.2, -0.15) is 0 Å². The first kappa shape index (κ1) is 15.2. The highest BCUT2D eigenvalue weighted by molar-refractivity contribution is 5.80. The Morgan fingerprint density at radius 3 is 2.50 bits per heavy atom. The lowest BCUT2D eigenvalue weighted by molar-refractivity contribution is -0.118. The molecule has 1 atom stereocenters. The zero-order chi connectivity index (χ0) is 14.6. The first-order valence-corrected chi connectivity index (χ1v) is 7.77. The molecule has 2 heteroatoms. The second-order valence-electron chi connectivity index (χ2n) is 7.06. The Hall–Kier alpha value is -1.15. The van der Waals surface area contributed by atoms with Crippen molar-refractivity contribution in [2.24, 2.45) is 5.92 Å². The number of Topliss-reactive ketones (excluding diaryl/α,β-unsaturated/α-hetero) is 1. The van der Waals surface area contributed by atoms with E-state index in [1.165, 1.54) is 12.0 Å². The average molecular weight is 273 g/mol. The van der Waals surface area contributed by atoms with Crippen LogP contribution in [-0.2, 0) is 16.6 Å². The van der Waals surface area contributed by atoms with Gasteiger partial charge in [-0.25, -0.2) is 0 Å². The molecule has 1 aromatic carbocycles. The third-order valence-corrected chi connectivity index (χ3v) is 4.22. The van der Waals surface area contributed by atoms with E-state index in [2.05, 4.69) is 50.4 Å². The molecule has 1 aliphatic rings. The van der Waals surface area contributed by atoms with Gasteiger partial charge in [-0.1, -0.05) is 45.0 Å². The van der Waals surface area contributed by atoms with Gasteiger partial charge in [-0.05, 0) is 48.4 Å². The van der Waals surface area contributed by atoms with Crippen molar-refractivity contribution in [3.63, 3.8) is 0 Å². The predicted octanol–water partition coefficient (Wildman–Crippen LogP) is 3.49. The zero-order valence-electron chi connectivity index (χ0n) is 13.0. The van der Waals surface area contributed by atoms with Gasteiger partial charge < -0.3 is 5.32 Å². The van der Waals surface area contributed by atoms with Gasteiger partial charge in [0.1, 0.15) is 5.78 Å². The molecule has 110 valence electrons. The van der Waals surface area contributed by atoms with E-state index in [1.807, 2.05) is 0 Å². The van der Waals surface area contributed by atoms with Crippen molar-refractivity contribution in [2.75, 3.05) is 13.1 Å². The van der Waals surface area contributed by atoms with Gasteiger partial charge in [-0.15, -0.1) is 0 Å². The second kappa shape index (κ2) is 6.53. The SMILES string of the molecule is CC(C)(C)c1ccc(CC(=O)CCC2CCNC2)cc1. The normalized spacial score (nSPS) is 19.2. The summed E-state index contributed by atoms with van der Waals surface area (Å²) in [6.45, 7) is 8.84. The topological polar surface area (TPSA) is 29.1 Å². The second-order valence-corrected chi connectivity index (χ2v) is 7.06. The molecule has 1 aliphatic heterocycles. The van der Waals surface area contributed by atoms with Crippen LogP contribution in [0.25, 0.3) is 0 Å². The van der Waals surface area contributed by atoms with Crippen molar-refractivity contribution in [3.05, 3.63) is 35.4 Å². The molecule has 0 amide bonds. The van der Waals surface area contributed by atoms with Crippen LogP contribution in [0, 0.1) is 5.92 Å². The van der Waals surface area contributed by atoms with E-state index in [1.54, 1.807) is 0 Å². The van der Waals surface area contributed by atoms with E-state index in [0.29, 0.717) is 18.1 Å². The van der Waals surface area contributed by atoms with Gasteiger partial charge in [0, 0.05) is 12.8 Å². The lowest BCUT2D eigenvalue weighted by Crippen LogP contribution is -2.12. The summed E-state index contributed by atoms with van der Waals surface area (Å²) in [6, 6.07) is 8.53. The summed E-state index contributed by atoms with van der Waals surface area (Å²) in [5, 5.41) is 3.35. The summed E-state index contributed by atoms with van der Waals surface area (Å²) < 4.78 is 0. The van der Waals surface area contributed by atoms with Gasteiger partial charge in [0.25, 0.3) is 0 Å². The maximum absolute atomic E-state index is 12.0. The Morgan fingerprint density at radius 2 is 1.95 bits per heavy atom. The van der Waals surface area contributed by atoms with Gasteiger partial charge in [0.2, 0.25) is 0 Å². The largest absolute Gasteiger partial charge is 0.316 e. The van der Waals surface area contributed by atoms with Crippen LogP contribution in [-0.4, -0.2) is 18.9 Å². The highest BCUT2D eigenvalue weighted by Gasteiger charge is 2.16. The van der Waals surface area contributed by atoms with E-state index in [9.17, 15) is 4.79 Å². The number of hydrogen-bond donors (Lipinski definition) is 1.